The van der Waals surface area contributed by atoms with Gasteiger partial charge in [-0.15, -0.1) is 0 Å². The monoisotopic (exact) mass is 252 g/mol. The second kappa shape index (κ2) is 6.18. The lowest BCUT2D eigenvalue weighted by Gasteiger charge is -2.18. The molecule has 1 aromatic rings. The number of nitrogens with one attached hydrogen (secondary N) is 1. The largest absolute Gasteiger partial charge is 0.384 e. The number of hydrogen-bond donors (Lipinski definition) is 2. The van der Waals surface area contributed by atoms with Crippen LogP contribution in [-0.4, -0.2) is 15.9 Å². The van der Waals surface area contributed by atoms with Crippen molar-refractivity contribution in [3.63, 3.8) is 0 Å². The molecule has 3 N–H and O–H groups in total. The Morgan fingerprint density at radius 3 is 2.72 bits per heavy atom. The fourth-order valence-corrected chi connectivity index (χ4v) is 1.78. The first-order valence-corrected chi connectivity index (χ1v) is 6.11. The highest BCUT2D eigenvalue weighted by molar-refractivity contribution is 5.59. The molecule has 0 aliphatic carbocycles. The number of nitrogens with zero attached hydrogens (tertiary/aromatic N) is 2. The Morgan fingerprint density at radius 1 is 1.50 bits per heavy atom. The molecule has 0 aliphatic heterocycles. The van der Waals surface area contributed by atoms with Gasteiger partial charge in [-0.3, -0.25) is 10.1 Å². The summed E-state index contributed by atoms with van der Waals surface area (Å²) in [7, 11) is 0. The van der Waals surface area contributed by atoms with Gasteiger partial charge >= 0.3 is 5.69 Å². The van der Waals surface area contributed by atoms with Gasteiger partial charge in [-0.2, -0.15) is 0 Å². The van der Waals surface area contributed by atoms with Crippen LogP contribution in [0.1, 0.15) is 33.6 Å². The number of pyridine rings is 1. The van der Waals surface area contributed by atoms with Gasteiger partial charge < -0.3 is 11.1 Å². The molecule has 6 nitrogen and oxygen atoms in total. The van der Waals surface area contributed by atoms with E-state index in [-0.39, 0.29) is 23.4 Å². The predicted molar refractivity (Wildman–Crippen MR) is 72.5 cm³/mol. The van der Waals surface area contributed by atoms with Crippen LogP contribution < -0.4 is 11.1 Å². The fourth-order valence-electron chi connectivity index (χ4n) is 1.78. The van der Waals surface area contributed by atoms with Crippen LogP contribution in [0.15, 0.2) is 12.1 Å². The van der Waals surface area contributed by atoms with Gasteiger partial charge in [0.1, 0.15) is 5.82 Å². The summed E-state index contributed by atoms with van der Waals surface area (Å²) >= 11 is 0. The lowest BCUT2D eigenvalue weighted by molar-refractivity contribution is -0.384. The molecule has 0 fully saturated rings. The highest BCUT2D eigenvalue weighted by atomic mass is 16.6. The number of nitrogen functional groups attached to an aromatic ring is 1. The first-order valence-electron chi connectivity index (χ1n) is 6.11. The van der Waals surface area contributed by atoms with Crippen molar-refractivity contribution in [3.8, 4) is 0 Å². The third-order valence-electron chi connectivity index (χ3n) is 2.93. The van der Waals surface area contributed by atoms with Gasteiger partial charge in [-0.05, 0) is 25.3 Å². The molecule has 1 aromatic heterocycles. The molecule has 2 atom stereocenters. The standard InChI is InChI=1S/C12H20N4O2/c1-4-8(2)7-9(3)14-12-10(16(17)18)5-6-11(13)15-12/h5-6,8-9H,4,7H2,1-3H3,(H3,13,14,15). The Balaban J connectivity index is 2.82. The van der Waals surface area contributed by atoms with E-state index in [2.05, 4.69) is 24.1 Å². The number of anilines is 2. The number of nitrogens with two attached hydrogens (primary N) is 1. The molecule has 100 valence electrons. The van der Waals surface area contributed by atoms with E-state index in [0.717, 1.165) is 12.8 Å². The third kappa shape index (κ3) is 3.87. The quantitative estimate of drug-likeness (QED) is 0.599. The van der Waals surface area contributed by atoms with Crippen molar-refractivity contribution in [2.24, 2.45) is 5.92 Å². The van der Waals surface area contributed by atoms with Gasteiger partial charge in [-0.1, -0.05) is 20.3 Å². The van der Waals surface area contributed by atoms with E-state index >= 15 is 0 Å². The second-order valence-electron chi connectivity index (χ2n) is 4.66. The maximum atomic E-state index is 10.9. The summed E-state index contributed by atoms with van der Waals surface area (Å²) in [6.07, 6.45) is 2.02. The summed E-state index contributed by atoms with van der Waals surface area (Å²) in [5, 5.41) is 13.9. The topological polar surface area (TPSA) is 94.1 Å². The van der Waals surface area contributed by atoms with Crippen molar-refractivity contribution >= 4 is 17.3 Å². The summed E-state index contributed by atoms with van der Waals surface area (Å²) in [6.45, 7) is 6.26. The zero-order valence-corrected chi connectivity index (χ0v) is 11.0. The van der Waals surface area contributed by atoms with E-state index in [9.17, 15) is 10.1 Å². The maximum absolute atomic E-state index is 10.9. The minimum Gasteiger partial charge on any atom is -0.384 e. The lowest BCUT2D eigenvalue weighted by atomic mass is 10.0. The summed E-state index contributed by atoms with van der Waals surface area (Å²) in [5.41, 5.74) is 5.52. The van der Waals surface area contributed by atoms with Crippen LogP contribution in [0.2, 0.25) is 0 Å². The maximum Gasteiger partial charge on any atom is 0.311 e. The SMILES string of the molecule is CCC(C)CC(C)Nc1nc(N)ccc1[N+](=O)[O-]. The van der Waals surface area contributed by atoms with Gasteiger partial charge in [0.2, 0.25) is 5.82 Å². The molecule has 1 rings (SSSR count). The molecule has 1 heterocycles. The molecule has 2 unspecified atom stereocenters. The molecule has 0 saturated carbocycles. The van der Waals surface area contributed by atoms with E-state index in [1.165, 1.54) is 12.1 Å². The van der Waals surface area contributed by atoms with Crippen molar-refractivity contribution in [1.82, 2.24) is 4.98 Å². The number of aromatic nitrogens is 1. The summed E-state index contributed by atoms with van der Waals surface area (Å²) < 4.78 is 0. The zero-order valence-electron chi connectivity index (χ0n) is 11.0. The summed E-state index contributed by atoms with van der Waals surface area (Å²) in [4.78, 5) is 14.4. The summed E-state index contributed by atoms with van der Waals surface area (Å²) in [6, 6.07) is 2.93. The Morgan fingerprint density at radius 2 is 2.17 bits per heavy atom. The molecule has 6 heteroatoms. The van der Waals surface area contributed by atoms with E-state index < -0.39 is 4.92 Å². The van der Waals surface area contributed by atoms with E-state index in [0.29, 0.717) is 5.92 Å². The third-order valence-corrected chi connectivity index (χ3v) is 2.93. The highest BCUT2D eigenvalue weighted by Crippen LogP contribution is 2.24. The van der Waals surface area contributed by atoms with Gasteiger partial charge in [0, 0.05) is 12.1 Å². The Labute approximate surface area is 107 Å². The highest BCUT2D eigenvalue weighted by Gasteiger charge is 2.17. The van der Waals surface area contributed by atoms with Crippen LogP contribution in [0.25, 0.3) is 0 Å². The molecule has 0 bridgehead atoms. The van der Waals surface area contributed by atoms with Crippen molar-refractivity contribution in [3.05, 3.63) is 22.2 Å². The van der Waals surface area contributed by atoms with Crippen LogP contribution in [0.5, 0.6) is 0 Å². The molecule has 0 saturated heterocycles. The molecule has 0 aromatic carbocycles. The van der Waals surface area contributed by atoms with Crippen LogP contribution in [0, 0.1) is 16.0 Å². The van der Waals surface area contributed by atoms with Crippen LogP contribution in [0.4, 0.5) is 17.3 Å². The smallest absolute Gasteiger partial charge is 0.311 e. The first kappa shape index (κ1) is 14.2. The summed E-state index contributed by atoms with van der Waals surface area (Å²) in [5.74, 6) is 1.09. The Hall–Kier alpha value is -1.85. The van der Waals surface area contributed by atoms with E-state index in [1.807, 2.05) is 6.92 Å². The number of rotatable bonds is 6. The minimum absolute atomic E-state index is 0.0415. The fraction of sp³-hybridized carbons (Fsp3) is 0.583. The molecule has 0 amide bonds. The zero-order chi connectivity index (χ0) is 13.7. The molecule has 18 heavy (non-hydrogen) atoms. The van der Waals surface area contributed by atoms with Gasteiger partial charge in [-0.25, -0.2) is 4.98 Å². The minimum atomic E-state index is -0.454. The van der Waals surface area contributed by atoms with Crippen molar-refractivity contribution < 1.29 is 4.92 Å². The van der Waals surface area contributed by atoms with Gasteiger partial charge in [0.25, 0.3) is 0 Å². The van der Waals surface area contributed by atoms with Crippen LogP contribution >= 0.6 is 0 Å². The Bertz CT molecular complexity index is 423. The first-order chi connectivity index (χ1) is 8.43. The van der Waals surface area contributed by atoms with E-state index in [1.54, 1.807) is 0 Å². The van der Waals surface area contributed by atoms with Crippen molar-refractivity contribution in [2.45, 2.75) is 39.7 Å². The van der Waals surface area contributed by atoms with Gasteiger partial charge in [0.05, 0.1) is 4.92 Å². The lowest BCUT2D eigenvalue weighted by Crippen LogP contribution is -2.20. The molecular weight excluding hydrogens is 232 g/mol. The Kier molecular flexibility index (Phi) is 4.88. The molecule has 0 spiro atoms. The van der Waals surface area contributed by atoms with E-state index in [4.69, 9.17) is 5.73 Å². The molecule has 0 aliphatic rings. The second-order valence-corrected chi connectivity index (χ2v) is 4.66. The van der Waals surface area contributed by atoms with Crippen molar-refractivity contribution in [2.75, 3.05) is 11.1 Å². The molecular formula is C12H20N4O2. The average molecular weight is 252 g/mol. The predicted octanol–water partition coefficient (Wildman–Crippen LogP) is 2.81. The average Bonchev–Trinajstić information content (AvgIpc) is 2.28. The van der Waals surface area contributed by atoms with Crippen LogP contribution in [0.3, 0.4) is 0 Å². The van der Waals surface area contributed by atoms with Gasteiger partial charge in [0.15, 0.2) is 0 Å². The molecule has 0 radical (unpaired) electrons. The number of nitro groups is 1. The van der Waals surface area contributed by atoms with Crippen molar-refractivity contribution in [1.29, 1.82) is 0 Å². The normalized spacial score (nSPS) is 13.9. The number of hydrogen-bond acceptors (Lipinski definition) is 5. The van der Waals surface area contributed by atoms with Crippen LogP contribution in [-0.2, 0) is 0 Å².